The van der Waals surface area contributed by atoms with Crippen molar-refractivity contribution < 1.29 is 9.59 Å². The molecule has 1 N–H and O–H groups in total. The third-order valence-corrected chi connectivity index (χ3v) is 3.36. The van der Waals surface area contributed by atoms with Crippen LogP contribution in [0.4, 0.5) is 5.69 Å². The topological polar surface area (TPSA) is 76.4 Å². The van der Waals surface area contributed by atoms with Crippen molar-refractivity contribution in [2.24, 2.45) is 0 Å². The number of hydrogen-bond donors (Lipinski definition) is 1. The molecule has 0 saturated heterocycles. The monoisotopic (exact) mass is 316 g/mol. The van der Waals surface area contributed by atoms with Gasteiger partial charge in [0.25, 0.3) is 0 Å². The summed E-state index contributed by atoms with van der Waals surface area (Å²) in [5, 5.41) is 11.5. The summed E-state index contributed by atoms with van der Waals surface area (Å²) in [6, 6.07) is 11.3. The van der Waals surface area contributed by atoms with E-state index in [2.05, 4.69) is 11.4 Å². The number of benzene rings is 1. The van der Waals surface area contributed by atoms with Gasteiger partial charge >= 0.3 is 0 Å². The second-order valence-electron chi connectivity index (χ2n) is 5.05. The standard InChI is InChI=1S/C17H24N4O2/c1-3-19-16(22)13-20(4-2)14-17(23)21(12-8-11-18)15-9-6-5-7-10-15/h5-7,9-10H,3-4,8,12-14H2,1-2H3,(H,19,22). The zero-order valence-electron chi connectivity index (χ0n) is 13.8. The molecule has 6 heteroatoms. The number of carbonyl (C=O) groups is 2. The fourth-order valence-electron chi connectivity index (χ4n) is 2.18. The predicted octanol–water partition coefficient (Wildman–Crippen LogP) is 1.39. The Labute approximate surface area is 137 Å². The van der Waals surface area contributed by atoms with Gasteiger partial charge in [0, 0.05) is 18.8 Å². The molecule has 0 saturated carbocycles. The number of carbonyl (C=O) groups excluding carboxylic acids is 2. The zero-order valence-corrected chi connectivity index (χ0v) is 13.8. The lowest BCUT2D eigenvalue weighted by Crippen LogP contribution is -2.44. The first kappa shape index (κ1) is 18.7. The van der Waals surface area contributed by atoms with Crippen LogP contribution in [0, 0.1) is 11.3 Å². The van der Waals surface area contributed by atoms with Gasteiger partial charge < -0.3 is 10.2 Å². The van der Waals surface area contributed by atoms with Crippen LogP contribution in [-0.2, 0) is 9.59 Å². The third-order valence-electron chi connectivity index (χ3n) is 3.36. The molecule has 0 fully saturated rings. The maximum atomic E-state index is 12.6. The zero-order chi connectivity index (χ0) is 17.1. The van der Waals surface area contributed by atoms with Gasteiger partial charge in [-0.1, -0.05) is 25.1 Å². The van der Waals surface area contributed by atoms with Crippen molar-refractivity contribution in [1.82, 2.24) is 10.2 Å². The fraction of sp³-hybridized carbons (Fsp3) is 0.471. The second kappa shape index (κ2) is 10.4. The lowest BCUT2D eigenvalue weighted by molar-refractivity contribution is -0.123. The van der Waals surface area contributed by atoms with Gasteiger partial charge in [-0.2, -0.15) is 5.26 Å². The summed E-state index contributed by atoms with van der Waals surface area (Å²) in [5.41, 5.74) is 0.766. The molecule has 0 aliphatic heterocycles. The molecular weight excluding hydrogens is 292 g/mol. The van der Waals surface area contributed by atoms with Crippen LogP contribution in [0.25, 0.3) is 0 Å². The molecule has 0 aliphatic carbocycles. The molecule has 0 spiro atoms. The molecule has 0 heterocycles. The van der Waals surface area contributed by atoms with Crippen molar-refractivity contribution in [2.45, 2.75) is 20.3 Å². The van der Waals surface area contributed by atoms with Crippen molar-refractivity contribution in [3.8, 4) is 6.07 Å². The van der Waals surface area contributed by atoms with E-state index in [1.54, 1.807) is 9.80 Å². The lowest BCUT2D eigenvalue weighted by Gasteiger charge is -2.26. The highest BCUT2D eigenvalue weighted by molar-refractivity contribution is 5.95. The number of nitrogens with one attached hydrogen (secondary N) is 1. The summed E-state index contributed by atoms with van der Waals surface area (Å²) in [6.07, 6.45) is 0.267. The Balaban J connectivity index is 2.75. The summed E-state index contributed by atoms with van der Waals surface area (Å²) >= 11 is 0. The molecule has 1 rings (SSSR count). The number of nitriles is 1. The highest BCUT2D eigenvalue weighted by Gasteiger charge is 2.19. The minimum absolute atomic E-state index is 0.0922. The molecule has 2 amide bonds. The van der Waals surface area contributed by atoms with Gasteiger partial charge in [-0.25, -0.2) is 0 Å². The van der Waals surface area contributed by atoms with Crippen molar-refractivity contribution >= 4 is 17.5 Å². The van der Waals surface area contributed by atoms with Crippen molar-refractivity contribution in [3.05, 3.63) is 30.3 Å². The minimum Gasteiger partial charge on any atom is -0.355 e. The molecule has 0 bridgehead atoms. The smallest absolute Gasteiger partial charge is 0.241 e. The lowest BCUT2D eigenvalue weighted by atomic mass is 10.2. The normalized spacial score (nSPS) is 10.2. The Morgan fingerprint density at radius 2 is 1.87 bits per heavy atom. The fourth-order valence-corrected chi connectivity index (χ4v) is 2.18. The van der Waals surface area contributed by atoms with Crippen LogP contribution in [0.1, 0.15) is 20.3 Å². The van der Waals surface area contributed by atoms with E-state index in [0.717, 1.165) is 5.69 Å². The van der Waals surface area contributed by atoms with E-state index in [-0.39, 0.29) is 31.3 Å². The molecule has 124 valence electrons. The van der Waals surface area contributed by atoms with Gasteiger partial charge in [0.2, 0.25) is 11.8 Å². The molecular formula is C17H24N4O2. The number of anilines is 1. The van der Waals surface area contributed by atoms with Gasteiger partial charge in [-0.15, -0.1) is 0 Å². The number of nitrogens with zero attached hydrogens (tertiary/aromatic N) is 3. The Hall–Kier alpha value is -2.39. The largest absolute Gasteiger partial charge is 0.355 e. The van der Waals surface area contributed by atoms with Crippen LogP contribution in [0.5, 0.6) is 0 Å². The van der Waals surface area contributed by atoms with Gasteiger partial charge in [0.05, 0.1) is 25.6 Å². The van der Waals surface area contributed by atoms with E-state index in [0.29, 0.717) is 19.6 Å². The van der Waals surface area contributed by atoms with Crippen LogP contribution in [0.2, 0.25) is 0 Å². The predicted molar refractivity (Wildman–Crippen MR) is 89.8 cm³/mol. The van der Waals surface area contributed by atoms with Crippen molar-refractivity contribution in [1.29, 1.82) is 5.26 Å². The number of para-hydroxylation sites is 1. The number of likely N-dealkylation sites (N-methyl/N-ethyl adjacent to an activating group) is 2. The first-order valence-electron chi connectivity index (χ1n) is 7.83. The van der Waals surface area contributed by atoms with Gasteiger partial charge in [-0.05, 0) is 25.6 Å². The summed E-state index contributed by atoms with van der Waals surface area (Å²) < 4.78 is 0. The summed E-state index contributed by atoms with van der Waals surface area (Å²) in [5.74, 6) is -0.206. The summed E-state index contributed by atoms with van der Waals surface area (Å²) in [6.45, 7) is 5.63. The summed E-state index contributed by atoms with van der Waals surface area (Å²) in [7, 11) is 0. The van der Waals surface area contributed by atoms with E-state index >= 15 is 0 Å². The van der Waals surface area contributed by atoms with E-state index in [4.69, 9.17) is 5.26 Å². The Bertz CT molecular complexity index is 539. The molecule has 23 heavy (non-hydrogen) atoms. The first-order valence-corrected chi connectivity index (χ1v) is 7.83. The summed E-state index contributed by atoms with van der Waals surface area (Å²) in [4.78, 5) is 27.7. The van der Waals surface area contributed by atoms with Crippen LogP contribution in [-0.4, -0.2) is 49.4 Å². The molecule has 0 unspecified atom stereocenters. The number of rotatable bonds is 9. The van der Waals surface area contributed by atoms with Gasteiger partial charge in [0.1, 0.15) is 0 Å². The average Bonchev–Trinajstić information content (AvgIpc) is 2.55. The van der Waals surface area contributed by atoms with Crippen LogP contribution in [0.3, 0.4) is 0 Å². The third kappa shape index (κ3) is 6.49. The average molecular weight is 316 g/mol. The molecule has 0 atom stereocenters. The van der Waals surface area contributed by atoms with Crippen molar-refractivity contribution in [2.75, 3.05) is 37.6 Å². The Morgan fingerprint density at radius 3 is 2.43 bits per heavy atom. The first-order chi connectivity index (χ1) is 11.1. The van der Waals surface area contributed by atoms with Gasteiger partial charge in [-0.3, -0.25) is 14.5 Å². The van der Waals surface area contributed by atoms with E-state index in [1.807, 2.05) is 44.2 Å². The highest BCUT2D eigenvalue weighted by Crippen LogP contribution is 2.14. The molecule has 0 aromatic heterocycles. The quantitative estimate of drug-likeness (QED) is 0.747. The molecule has 0 radical (unpaired) electrons. The Morgan fingerprint density at radius 1 is 1.17 bits per heavy atom. The van der Waals surface area contributed by atoms with Crippen LogP contribution < -0.4 is 10.2 Å². The number of amides is 2. The van der Waals surface area contributed by atoms with Crippen LogP contribution >= 0.6 is 0 Å². The van der Waals surface area contributed by atoms with Crippen molar-refractivity contribution in [3.63, 3.8) is 0 Å². The number of hydrogen-bond acceptors (Lipinski definition) is 4. The molecule has 6 nitrogen and oxygen atoms in total. The van der Waals surface area contributed by atoms with Crippen LogP contribution in [0.15, 0.2) is 30.3 Å². The van der Waals surface area contributed by atoms with Gasteiger partial charge in [0.15, 0.2) is 0 Å². The second-order valence-corrected chi connectivity index (χ2v) is 5.05. The SMILES string of the molecule is CCNC(=O)CN(CC)CC(=O)N(CCC#N)c1ccccc1. The highest BCUT2D eigenvalue weighted by atomic mass is 16.2. The maximum absolute atomic E-state index is 12.6. The minimum atomic E-state index is -0.113. The van der Waals surface area contributed by atoms with E-state index in [9.17, 15) is 9.59 Å². The molecule has 1 aromatic carbocycles. The maximum Gasteiger partial charge on any atom is 0.241 e. The Kier molecular flexibility index (Phi) is 8.40. The molecule has 1 aromatic rings. The molecule has 0 aliphatic rings. The van der Waals surface area contributed by atoms with E-state index in [1.165, 1.54) is 0 Å². The van der Waals surface area contributed by atoms with E-state index < -0.39 is 0 Å².